The monoisotopic (exact) mass is 259 g/mol. The number of hydrogen-bond acceptors (Lipinski definition) is 3. The summed E-state index contributed by atoms with van der Waals surface area (Å²) in [6.45, 7) is 0. The number of rotatable bonds is 4. The fourth-order valence-electron chi connectivity index (χ4n) is 1.93. The van der Waals surface area contributed by atoms with Crippen molar-refractivity contribution in [2.75, 3.05) is 12.0 Å². The number of nitrogen functional groups attached to an aromatic ring is 1. The SMILES string of the molecule is CSc1ccccc1C(O)Cc1ccc(N)cc1. The quantitative estimate of drug-likeness (QED) is 0.654. The average Bonchev–Trinajstić information content (AvgIpc) is 2.41. The Bertz CT molecular complexity index is 510. The van der Waals surface area contributed by atoms with Gasteiger partial charge in [-0.2, -0.15) is 0 Å². The highest BCUT2D eigenvalue weighted by Gasteiger charge is 2.12. The van der Waals surface area contributed by atoms with Gasteiger partial charge < -0.3 is 10.8 Å². The Morgan fingerprint density at radius 3 is 2.44 bits per heavy atom. The summed E-state index contributed by atoms with van der Waals surface area (Å²) in [5.41, 5.74) is 8.47. The van der Waals surface area contributed by atoms with Gasteiger partial charge in [-0.1, -0.05) is 30.3 Å². The van der Waals surface area contributed by atoms with Crippen molar-refractivity contribution in [1.29, 1.82) is 0 Å². The van der Waals surface area contributed by atoms with Crippen molar-refractivity contribution in [2.45, 2.75) is 17.4 Å². The van der Waals surface area contributed by atoms with Crippen molar-refractivity contribution < 1.29 is 5.11 Å². The number of hydrogen-bond donors (Lipinski definition) is 2. The van der Waals surface area contributed by atoms with E-state index in [9.17, 15) is 5.11 Å². The van der Waals surface area contributed by atoms with Crippen LogP contribution in [0.2, 0.25) is 0 Å². The van der Waals surface area contributed by atoms with Crippen molar-refractivity contribution >= 4 is 17.4 Å². The molecular weight excluding hydrogens is 242 g/mol. The van der Waals surface area contributed by atoms with Crippen LogP contribution in [0.4, 0.5) is 5.69 Å². The van der Waals surface area contributed by atoms with E-state index in [-0.39, 0.29) is 0 Å². The molecule has 3 N–H and O–H groups in total. The van der Waals surface area contributed by atoms with Gasteiger partial charge in [0.2, 0.25) is 0 Å². The van der Waals surface area contributed by atoms with E-state index in [0.717, 1.165) is 21.7 Å². The molecule has 0 aliphatic heterocycles. The summed E-state index contributed by atoms with van der Waals surface area (Å²) in [6.07, 6.45) is 2.16. The Kier molecular flexibility index (Phi) is 4.28. The molecule has 2 nitrogen and oxygen atoms in total. The van der Waals surface area contributed by atoms with Crippen LogP contribution < -0.4 is 5.73 Å². The molecular formula is C15H17NOS. The first-order valence-electron chi connectivity index (χ1n) is 5.86. The third kappa shape index (κ3) is 3.06. The minimum Gasteiger partial charge on any atom is -0.399 e. The molecule has 0 fully saturated rings. The van der Waals surface area contributed by atoms with E-state index >= 15 is 0 Å². The van der Waals surface area contributed by atoms with Crippen LogP contribution in [0.25, 0.3) is 0 Å². The molecule has 1 atom stereocenters. The Morgan fingerprint density at radius 1 is 1.11 bits per heavy atom. The number of aliphatic hydroxyl groups excluding tert-OH is 1. The van der Waals surface area contributed by atoms with Crippen LogP contribution in [0.15, 0.2) is 53.4 Å². The highest BCUT2D eigenvalue weighted by molar-refractivity contribution is 7.98. The van der Waals surface area contributed by atoms with E-state index < -0.39 is 6.10 Å². The van der Waals surface area contributed by atoms with E-state index in [4.69, 9.17) is 5.73 Å². The lowest BCUT2D eigenvalue weighted by Gasteiger charge is -2.14. The number of nitrogens with two attached hydrogens (primary N) is 1. The first-order valence-corrected chi connectivity index (χ1v) is 7.08. The second-order valence-electron chi connectivity index (χ2n) is 4.20. The molecule has 0 aliphatic rings. The van der Waals surface area contributed by atoms with E-state index in [1.807, 2.05) is 54.8 Å². The molecule has 0 aromatic heterocycles. The highest BCUT2D eigenvalue weighted by atomic mass is 32.2. The van der Waals surface area contributed by atoms with Crippen LogP contribution in [-0.4, -0.2) is 11.4 Å². The van der Waals surface area contributed by atoms with Crippen LogP contribution in [0, 0.1) is 0 Å². The minimum absolute atomic E-state index is 0.475. The summed E-state index contributed by atoms with van der Waals surface area (Å²) in [6, 6.07) is 15.6. The van der Waals surface area contributed by atoms with Gasteiger partial charge >= 0.3 is 0 Å². The van der Waals surface area contributed by atoms with Gasteiger partial charge in [0, 0.05) is 17.0 Å². The molecule has 3 heteroatoms. The van der Waals surface area contributed by atoms with Crippen LogP contribution in [0.5, 0.6) is 0 Å². The number of aliphatic hydroxyl groups is 1. The molecule has 0 bridgehead atoms. The first kappa shape index (κ1) is 13.0. The predicted molar refractivity (Wildman–Crippen MR) is 77.7 cm³/mol. The van der Waals surface area contributed by atoms with Crippen LogP contribution >= 0.6 is 11.8 Å². The number of anilines is 1. The fourth-order valence-corrected chi connectivity index (χ4v) is 2.58. The Hall–Kier alpha value is -1.45. The van der Waals surface area contributed by atoms with Gasteiger partial charge in [-0.15, -0.1) is 11.8 Å². The van der Waals surface area contributed by atoms with Crippen molar-refractivity contribution in [3.8, 4) is 0 Å². The van der Waals surface area contributed by atoms with Crippen molar-refractivity contribution in [3.05, 3.63) is 59.7 Å². The minimum atomic E-state index is -0.475. The summed E-state index contributed by atoms with van der Waals surface area (Å²) in [5, 5.41) is 10.3. The normalized spacial score (nSPS) is 12.3. The Morgan fingerprint density at radius 2 is 1.78 bits per heavy atom. The standard InChI is InChI=1S/C15H17NOS/c1-18-15-5-3-2-4-13(15)14(17)10-11-6-8-12(16)9-7-11/h2-9,14,17H,10,16H2,1H3. The lowest BCUT2D eigenvalue weighted by Crippen LogP contribution is -2.03. The van der Waals surface area contributed by atoms with E-state index in [1.54, 1.807) is 11.8 Å². The molecule has 1 unspecified atom stereocenters. The highest BCUT2D eigenvalue weighted by Crippen LogP contribution is 2.27. The average molecular weight is 259 g/mol. The smallest absolute Gasteiger partial charge is 0.0841 e. The van der Waals surface area contributed by atoms with Crippen LogP contribution in [0.1, 0.15) is 17.2 Å². The molecule has 0 radical (unpaired) electrons. The topological polar surface area (TPSA) is 46.2 Å². The molecule has 2 aromatic rings. The van der Waals surface area contributed by atoms with Crippen molar-refractivity contribution in [3.63, 3.8) is 0 Å². The lowest BCUT2D eigenvalue weighted by molar-refractivity contribution is 0.175. The molecule has 0 amide bonds. The molecule has 18 heavy (non-hydrogen) atoms. The third-order valence-corrected chi connectivity index (χ3v) is 3.72. The van der Waals surface area contributed by atoms with E-state index in [0.29, 0.717) is 6.42 Å². The van der Waals surface area contributed by atoms with Crippen LogP contribution in [-0.2, 0) is 6.42 Å². The maximum Gasteiger partial charge on any atom is 0.0841 e. The summed E-state index contributed by atoms with van der Waals surface area (Å²) in [7, 11) is 0. The maximum absolute atomic E-state index is 10.3. The zero-order chi connectivity index (χ0) is 13.0. The van der Waals surface area contributed by atoms with E-state index in [1.165, 1.54) is 0 Å². The fraction of sp³-hybridized carbons (Fsp3) is 0.200. The second-order valence-corrected chi connectivity index (χ2v) is 5.05. The van der Waals surface area contributed by atoms with Gasteiger partial charge in [0.1, 0.15) is 0 Å². The third-order valence-electron chi connectivity index (χ3n) is 2.91. The molecule has 0 heterocycles. The van der Waals surface area contributed by atoms with E-state index in [2.05, 4.69) is 0 Å². The zero-order valence-electron chi connectivity index (χ0n) is 10.3. The predicted octanol–water partition coefficient (Wildman–Crippen LogP) is 3.27. The van der Waals surface area contributed by atoms with Gasteiger partial charge in [0.15, 0.2) is 0 Å². The summed E-state index contributed by atoms with van der Waals surface area (Å²) in [4.78, 5) is 1.13. The number of thioether (sulfide) groups is 1. The summed E-state index contributed by atoms with van der Waals surface area (Å²) < 4.78 is 0. The number of benzene rings is 2. The molecule has 94 valence electrons. The zero-order valence-corrected chi connectivity index (χ0v) is 11.2. The molecule has 2 aromatic carbocycles. The largest absolute Gasteiger partial charge is 0.399 e. The molecule has 0 spiro atoms. The van der Waals surface area contributed by atoms with Crippen LogP contribution in [0.3, 0.4) is 0 Å². The van der Waals surface area contributed by atoms with Gasteiger partial charge in [-0.25, -0.2) is 0 Å². The van der Waals surface area contributed by atoms with Gasteiger partial charge in [-0.05, 0) is 35.6 Å². The molecule has 0 saturated carbocycles. The van der Waals surface area contributed by atoms with Crippen molar-refractivity contribution in [2.24, 2.45) is 0 Å². The molecule has 0 saturated heterocycles. The summed E-state index contributed by atoms with van der Waals surface area (Å²) >= 11 is 1.66. The Balaban J connectivity index is 2.16. The summed E-state index contributed by atoms with van der Waals surface area (Å²) in [5.74, 6) is 0. The van der Waals surface area contributed by atoms with Crippen molar-refractivity contribution in [1.82, 2.24) is 0 Å². The molecule has 0 aliphatic carbocycles. The Labute approximate surface area is 112 Å². The van der Waals surface area contributed by atoms with Gasteiger partial charge in [0.05, 0.1) is 6.10 Å². The lowest BCUT2D eigenvalue weighted by atomic mass is 10.0. The molecule has 2 rings (SSSR count). The first-order chi connectivity index (χ1) is 8.70. The van der Waals surface area contributed by atoms with Gasteiger partial charge in [-0.3, -0.25) is 0 Å². The second kappa shape index (κ2) is 5.94. The van der Waals surface area contributed by atoms with Gasteiger partial charge in [0.25, 0.3) is 0 Å². The maximum atomic E-state index is 10.3.